The van der Waals surface area contributed by atoms with E-state index in [-0.39, 0.29) is 24.6 Å². The number of piperazine rings is 1. The fourth-order valence-corrected chi connectivity index (χ4v) is 5.95. The number of sulfonamides is 1. The molecule has 2 aromatic carbocycles. The minimum atomic E-state index is -3.74. The Bertz CT molecular complexity index is 1460. The van der Waals surface area contributed by atoms with Gasteiger partial charge in [0.25, 0.3) is 10.0 Å². The molecule has 4 aromatic rings. The van der Waals surface area contributed by atoms with Crippen molar-refractivity contribution in [3.63, 3.8) is 0 Å². The van der Waals surface area contributed by atoms with Gasteiger partial charge in [-0.2, -0.15) is 4.37 Å². The number of hydrogen-bond donors (Lipinski definition) is 1. The van der Waals surface area contributed by atoms with Gasteiger partial charge in [0, 0.05) is 57.8 Å². The summed E-state index contributed by atoms with van der Waals surface area (Å²) in [4.78, 5) is 21.1. The molecule has 1 N–H and O–H groups in total. The second-order valence-electron chi connectivity index (χ2n) is 8.23. The van der Waals surface area contributed by atoms with Gasteiger partial charge in [-0.1, -0.05) is 6.07 Å². The number of carbonyl (C=O) groups excluding carboxylic acids is 1. The van der Waals surface area contributed by atoms with Gasteiger partial charge in [0.2, 0.25) is 11.0 Å². The van der Waals surface area contributed by atoms with Crippen LogP contribution in [0.2, 0.25) is 0 Å². The van der Waals surface area contributed by atoms with E-state index in [1.807, 2.05) is 22.5 Å². The first-order valence-corrected chi connectivity index (χ1v) is 13.3. The van der Waals surface area contributed by atoms with Gasteiger partial charge in [-0.3, -0.25) is 9.52 Å². The summed E-state index contributed by atoms with van der Waals surface area (Å²) in [7, 11) is -3.74. The average Bonchev–Trinajstić information content (AvgIpc) is 3.54. The van der Waals surface area contributed by atoms with E-state index >= 15 is 0 Å². The first-order chi connectivity index (χ1) is 16.8. The zero-order chi connectivity index (χ0) is 24.6. The average molecular weight is 519 g/mol. The summed E-state index contributed by atoms with van der Waals surface area (Å²) in [6, 6.07) is 12.7. The van der Waals surface area contributed by atoms with Crippen LogP contribution in [0, 0.1) is 5.82 Å². The van der Waals surface area contributed by atoms with Gasteiger partial charge >= 0.3 is 0 Å². The summed E-state index contributed by atoms with van der Waals surface area (Å²) in [5, 5.41) is 0.711. The molecule has 0 aliphatic carbocycles. The van der Waals surface area contributed by atoms with Crippen molar-refractivity contribution in [1.82, 2.24) is 18.8 Å². The number of rotatable bonds is 6. The van der Waals surface area contributed by atoms with Crippen molar-refractivity contribution in [3.8, 4) is 0 Å². The first kappa shape index (κ1) is 23.2. The number of aromatic nitrogens is 3. The number of halogens is 1. The van der Waals surface area contributed by atoms with Gasteiger partial charge in [-0.25, -0.2) is 17.8 Å². The number of amides is 1. The van der Waals surface area contributed by atoms with Crippen LogP contribution in [0.15, 0.2) is 66.0 Å². The zero-order valence-corrected chi connectivity index (χ0v) is 20.5. The predicted octanol–water partition coefficient (Wildman–Crippen LogP) is 3.83. The number of fused-ring (bicyclic) bond motifs is 1. The Balaban J connectivity index is 0.00000190. The number of anilines is 2. The minimum absolute atomic E-state index is 0. The zero-order valence-electron chi connectivity index (χ0n) is 18.8. The first-order valence-electron chi connectivity index (χ1n) is 11.0. The molecular weight excluding hydrogens is 491 g/mol. The topological polar surface area (TPSA) is 100 Å². The Labute approximate surface area is 209 Å². The molecule has 1 saturated heterocycles. The molecule has 0 bridgehead atoms. The van der Waals surface area contributed by atoms with E-state index < -0.39 is 16.1 Å². The fourth-order valence-electron chi connectivity index (χ4n) is 4.28. The third-order valence-electron chi connectivity index (χ3n) is 6.17. The van der Waals surface area contributed by atoms with E-state index in [0.717, 1.165) is 17.2 Å². The number of benzene rings is 2. The summed E-state index contributed by atoms with van der Waals surface area (Å²) < 4.78 is 47.1. The molecule has 0 saturated carbocycles. The molecule has 0 radical (unpaired) electrons. The third kappa shape index (κ3) is 4.58. The molecule has 2 aromatic heterocycles. The maximum absolute atomic E-state index is 14.0. The summed E-state index contributed by atoms with van der Waals surface area (Å²) in [6.07, 6.45) is 3.04. The third-order valence-corrected chi connectivity index (χ3v) is 8.24. The summed E-state index contributed by atoms with van der Waals surface area (Å²) in [5.74, 6) is -0.320. The van der Waals surface area contributed by atoms with Crippen LogP contribution in [-0.4, -0.2) is 59.3 Å². The number of carbonyl (C=O) groups is 1. The van der Waals surface area contributed by atoms with Crippen molar-refractivity contribution in [2.24, 2.45) is 0 Å². The number of nitrogens with zero attached hydrogens (tertiary/aromatic N) is 5. The van der Waals surface area contributed by atoms with E-state index in [1.54, 1.807) is 42.6 Å². The highest BCUT2D eigenvalue weighted by Gasteiger charge is 2.27. The van der Waals surface area contributed by atoms with Crippen LogP contribution in [0.5, 0.6) is 0 Å². The van der Waals surface area contributed by atoms with Crippen molar-refractivity contribution in [2.45, 2.75) is 17.9 Å². The Morgan fingerprint density at radius 1 is 1.11 bits per heavy atom. The number of nitrogens with one attached hydrogen (secondary N) is 1. The summed E-state index contributed by atoms with van der Waals surface area (Å²) >= 11 is 0.965. The molecule has 1 amide bonds. The van der Waals surface area contributed by atoms with Crippen LogP contribution in [-0.2, 0) is 14.8 Å². The van der Waals surface area contributed by atoms with Crippen molar-refractivity contribution < 1.29 is 20.5 Å². The van der Waals surface area contributed by atoms with Crippen molar-refractivity contribution >= 4 is 49.2 Å². The van der Waals surface area contributed by atoms with Gasteiger partial charge in [-0.05, 0) is 49.4 Å². The second-order valence-corrected chi connectivity index (χ2v) is 10.7. The Morgan fingerprint density at radius 3 is 2.54 bits per heavy atom. The lowest BCUT2D eigenvalue weighted by Crippen LogP contribution is -2.50. The lowest BCUT2D eigenvalue weighted by Gasteiger charge is -2.37. The largest absolute Gasteiger partial charge is 0.368 e. The fraction of sp³-hybridized carbons (Fsp3) is 0.261. The normalized spacial score (nSPS) is 15.4. The lowest BCUT2D eigenvalue weighted by molar-refractivity contribution is -0.134. The quantitative estimate of drug-likeness (QED) is 0.416. The number of hydrogen-bond acceptors (Lipinski definition) is 7. The molecular formula is C23H27FN6O3S2. The molecule has 0 spiro atoms. The minimum Gasteiger partial charge on any atom is -0.368 e. The summed E-state index contributed by atoms with van der Waals surface area (Å²) in [6.45, 7) is 4.14. The molecule has 0 unspecified atom stereocenters. The Hall–Kier alpha value is -3.51. The van der Waals surface area contributed by atoms with Crippen LogP contribution >= 0.6 is 11.5 Å². The summed E-state index contributed by atoms with van der Waals surface area (Å²) in [5.41, 5.74) is 1.58. The monoisotopic (exact) mass is 518 g/mol. The highest BCUT2D eigenvalue weighted by atomic mass is 32.2. The van der Waals surface area contributed by atoms with E-state index in [4.69, 9.17) is 0 Å². The van der Waals surface area contributed by atoms with E-state index in [0.29, 0.717) is 37.1 Å². The van der Waals surface area contributed by atoms with Crippen molar-refractivity contribution in [3.05, 3.63) is 66.9 Å². The SMILES string of the molecule is C[C@H](C(=O)N1CCN(c2ccc(S(=O)(=O)Nc3ncns3)cc2)CC1)n1ccc2c(F)cccc21.[HH].[HH]. The van der Waals surface area contributed by atoms with Gasteiger partial charge in [0.15, 0.2) is 0 Å². The maximum Gasteiger partial charge on any atom is 0.263 e. The molecule has 12 heteroatoms. The van der Waals surface area contributed by atoms with Gasteiger partial charge in [0.05, 0.1) is 10.4 Å². The van der Waals surface area contributed by atoms with Crippen LogP contribution in [0.4, 0.5) is 15.2 Å². The predicted molar refractivity (Wildman–Crippen MR) is 137 cm³/mol. The van der Waals surface area contributed by atoms with Crippen LogP contribution in [0.3, 0.4) is 0 Å². The Kier molecular flexibility index (Phi) is 6.15. The second kappa shape index (κ2) is 9.27. The molecule has 1 fully saturated rings. The molecule has 35 heavy (non-hydrogen) atoms. The lowest BCUT2D eigenvalue weighted by atomic mass is 10.2. The van der Waals surface area contributed by atoms with Crippen molar-refractivity contribution in [2.75, 3.05) is 35.8 Å². The molecule has 5 rings (SSSR count). The van der Waals surface area contributed by atoms with Crippen LogP contribution in [0.1, 0.15) is 15.8 Å². The molecule has 1 aliphatic heterocycles. The highest BCUT2D eigenvalue weighted by molar-refractivity contribution is 7.93. The maximum atomic E-state index is 14.0. The van der Waals surface area contributed by atoms with Gasteiger partial charge in [0.1, 0.15) is 18.2 Å². The van der Waals surface area contributed by atoms with Crippen molar-refractivity contribution in [1.29, 1.82) is 0 Å². The van der Waals surface area contributed by atoms with E-state index in [1.165, 1.54) is 12.4 Å². The van der Waals surface area contributed by atoms with E-state index in [9.17, 15) is 17.6 Å². The van der Waals surface area contributed by atoms with Gasteiger partial charge < -0.3 is 14.4 Å². The highest BCUT2D eigenvalue weighted by Crippen LogP contribution is 2.25. The smallest absolute Gasteiger partial charge is 0.263 e. The standard InChI is InChI=1S/C23H23FN6O3S2.2H2/c1-16(30-10-9-19-20(24)3-2-4-21(19)30)22(31)29-13-11-28(12-14-29)17-5-7-18(8-6-17)35(32,33)27-23-25-15-26-34-23;;/h2-10,15-16H,11-14H2,1H3,(H,25,26,27);2*1H/t16-;;/m1../s1. The van der Waals surface area contributed by atoms with Crippen LogP contribution < -0.4 is 9.62 Å². The Morgan fingerprint density at radius 2 is 1.86 bits per heavy atom. The van der Waals surface area contributed by atoms with E-state index in [2.05, 4.69) is 19.0 Å². The molecule has 1 aliphatic rings. The van der Waals surface area contributed by atoms with Gasteiger partial charge in [-0.15, -0.1) is 0 Å². The molecule has 3 heterocycles. The molecule has 9 nitrogen and oxygen atoms in total. The van der Waals surface area contributed by atoms with Crippen LogP contribution in [0.25, 0.3) is 10.9 Å². The molecule has 186 valence electrons. The molecule has 1 atom stereocenters.